The highest BCUT2D eigenvalue weighted by molar-refractivity contribution is 8.02. The van der Waals surface area contributed by atoms with Crippen molar-refractivity contribution in [1.29, 1.82) is 0 Å². The Morgan fingerprint density at radius 1 is 0.849 bits per heavy atom. The lowest BCUT2D eigenvalue weighted by atomic mass is 9.78. The zero-order valence-corrected chi connectivity index (χ0v) is 46.8. The van der Waals surface area contributed by atoms with Crippen LogP contribution in [0.1, 0.15) is 126 Å². The second kappa shape index (κ2) is 31.5. The summed E-state index contributed by atoms with van der Waals surface area (Å²) in [6.45, 7) is 13.4. The zero-order valence-electron chi connectivity index (χ0n) is 45.1. The fourth-order valence-electron chi connectivity index (χ4n) is 10.7. The number of esters is 1. The molecule has 15 nitrogen and oxygen atoms in total. The van der Waals surface area contributed by atoms with Crippen LogP contribution in [0, 0.1) is 35.5 Å². The first kappa shape index (κ1) is 62.8. The Hall–Kier alpha value is -2.71. The molecular weight excluding hydrogens is 975 g/mol. The molecule has 3 fully saturated rings. The summed E-state index contributed by atoms with van der Waals surface area (Å²) in [6.07, 6.45) is 11.0. The number of hydrogen-bond donors (Lipinski definition) is 4. The van der Waals surface area contributed by atoms with Crippen LogP contribution in [0.25, 0.3) is 0 Å². The maximum Gasteiger partial charge on any atom is 0.329 e. The molecular formula is C56H89NO14S2. The molecule has 4 aliphatic rings. The number of piperidine rings is 1. The van der Waals surface area contributed by atoms with E-state index in [9.17, 15) is 39.3 Å². The van der Waals surface area contributed by atoms with E-state index in [0.717, 1.165) is 22.8 Å². The van der Waals surface area contributed by atoms with Gasteiger partial charge in [0.05, 0.1) is 37.6 Å². The summed E-state index contributed by atoms with van der Waals surface area (Å²) >= 11 is 3.44. The van der Waals surface area contributed by atoms with E-state index in [0.29, 0.717) is 82.1 Å². The van der Waals surface area contributed by atoms with E-state index in [1.54, 1.807) is 57.5 Å². The number of cyclic esters (lactones) is 1. The van der Waals surface area contributed by atoms with Crippen molar-refractivity contribution >= 4 is 52.7 Å². The molecule has 2 bridgehead atoms. The molecule has 15 atom stereocenters. The first-order valence-electron chi connectivity index (χ1n) is 26.8. The van der Waals surface area contributed by atoms with Crippen molar-refractivity contribution in [3.8, 4) is 0 Å². The minimum Gasteiger partial charge on any atom is -0.460 e. The van der Waals surface area contributed by atoms with Crippen LogP contribution in [0.15, 0.2) is 47.6 Å². The zero-order chi connectivity index (χ0) is 53.8. The molecule has 0 unspecified atom stereocenters. The minimum absolute atomic E-state index is 0.000229. The maximum atomic E-state index is 14.5. The van der Waals surface area contributed by atoms with E-state index >= 15 is 0 Å². The quantitative estimate of drug-likeness (QED) is 0.0596. The maximum absolute atomic E-state index is 14.5. The van der Waals surface area contributed by atoms with E-state index in [4.69, 9.17) is 28.8 Å². The average Bonchev–Trinajstić information content (AvgIpc) is 3.37. The normalized spacial score (nSPS) is 37.3. The van der Waals surface area contributed by atoms with Crippen LogP contribution in [0.4, 0.5) is 0 Å². The van der Waals surface area contributed by atoms with E-state index in [1.165, 1.54) is 12.0 Å². The van der Waals surface area contributed by atoms with Gasteiger partial charge in [-0.3, -0.25) is 19.2 Å². The first-order valence-corrected chi connectivity index (χ1v) is 29.1. The van der Waals surface area contributed by atoms with Gasteiger partial charge in [-0.2, -0.15) is 23.5 Å². The molecule has 3 aliphatic heterocycles. The van der Waals surface area contributed by atoms with Crippen molar-refractivity contribution in [2.75, 3.05) is 57.0 Å². The number of amides is 1. The number of nitrogens with zero attached hydrogens (tertiary/aromatic N) is 1. The number of carbonyl (C=O) groups excluding carboxylic acids is 5. The molecule has 0 aromatic carbocycles. The van der Waals surface area contributed by atoms with E-state index in [2.05, 4.69) is 0 Å². The van der Waals surface area contributed by atoms with Gasteiger partial charge in [-0.05, 0) is 107 Å². The molecule has 1 amide bonds. The smallest absolute Gasteiger partial charge is 0.329 e. The van der Waals surface area contributed by atoms with Crippen LogP contribution in [-0.2, 0) is 47.7 Å². The van der Waals surface area contributed by atoms with Crippen molar-refractivity contribution in [2.24, 2.45) is 35.5 Å². The Bertz CT molecular complexity index is 1910. The average molecular weight is 1060 g/mol. The highest BCUT2D eigenvalue weighted by atomic mass is 32.2. The van der Waals surface area contributed by atoms with Crippen molar-refractivity contribution in [2.45, 2.75) is 180 Å². The van der Waals surface area contributed by atoms with Gasteiger partial charge in [0.1, 0.15) is 30.1 Å². The fraction of sp³-hybridized carbons (Fsp3) is 0.768. The van der Waals surface area contributed by atoms with Gasteiger partial charge in [0.15, 0.2) is 5.78 Å². The summed E-state index contributed by atoms with van der Waals surface area (Å²) in [5.41, 5.74) is 1.27. The lowest BCUT2D eigenvalue weighted by molar-refractivity contribution is -0.266. The van der Waals surface area contributed by atoms with Gasteiger partial charge in [0, 0.05) is 74.4 Å². The number of allylic oxidation sites excluding steroid dienone is 6. The molecule has 1 saturated carbocycles. The molecule has 3 heterocycles. The summed E-state index contributed by atoms with van der Waals surface area (Å²) in [4.78, 5) is 72.6. The van der Waals surface area contributed by atoms with Gasteiger partial charge in [0.25, 0.3) is 11.7 Å². The molecule has 17 heteroatoms. The summed E-state index contributed by atoms with van der Waals surface area (Å²) in [7, 11) is 2.95. The Labute approximate surface area is 444 Å². The molecule has 414 valence electrons. The van der Waals surface area contributed by atoms with Crippen molar-refractivity contribution in [3.63, 3.8) is 0 Å². The Morgan fingerprint density at radius 2 is 1.58 bits per heavy atom. The summed E-state index contributed by atoms with van der Waals surface area (Å²) in [6, 6.07) is -1.16. The second-order valence-corrected chi connectivity index (χ2v) is 23.6. The summed E-state index contributed by atoms with van der Waals surface area (Å²) in [5, 5.41) is 43.3. The standard InChI is InChI=1S/C56H89NO14S2/c1-35-15-11-10-12-16-36(2)47(69-24-26-73-28-27-72-25-23-58)33-43-20-18-41(7)56(66,71-43)53(63)54(64)57-22-14-13-17-44(57)55(65)70-48(38(4)31-42-19-21-45(59)49(32-42)67-8)34-46(60)37(3)30-40(6)51(62)52(68-9)50(61)39(5)29-35/h10-12,15-16,30,35,37-39,41-45,47-49,51-52,58-59,62,66H,13-14,17-29,31-34H2,1-9H3/b12-10+,15-11+,36-16+,40-30+/t35-,37-,38-,39-,41-,42+,43+,44+,45-,47-,48+,49-,51-,52+,56-/m1/s1. The van der Waals surface area contributed by atoms with Crippen LogP contribution in [-0.4, -0.2) is 166 Å². The van der Waals surface area contributed by atoms with Gasteiger partial charge in [-0.1, -0.05) is 71.1 Å². The Balaban J connectivity index is 1.69. The number of Topliss-reactive ketones (excluding diaryl/α,β-unsaturated/α-hetero) is 3. The van der Waals surface area contributed by atoms with Crippen LogP contribution in [0.5, 0.6) is 0 Å². The van der Waals surface area contributed by atoms with Gasteiger partial charge in [0.2, 0.25) is 5.79 Å². The van der Waals surface area contributed by atoms with E-state index < -0.39 is 83.9 Å². The van der Waals surface area contributed by atoms with Gasteiger partial charge in [-0.25, -0.2) is 4.79 Å². The van der Waals surface area contributed by atoms with Gasteiger partial charge in [-0.15, -0.1) is 0 Å². The molecule has 0 aromatic rings. The first-order chi connectivity index (χ1) is 34.7. The minimum atomic E-state index is -2.46. The summed E-state index contributed by atoms with van der Waals surface area (Å²) < 4.78 is 30.3. The van der Waals surface area contributed by atoms with Crippen LogP contribution in [0.2, 0.25) is 0 Å². The third-order valence-corrected chi connectivity index (χ3v) is 17.5. The number of aliphatic hydroxyl groups excluding tert-OH is 3. The molecule has 0 radical (unpaired) electrons. The van der Waals surface area contributed by atoms with E-state index in [-0.39, 0.29) is 61.4 Å². The van der Waals surface area contributed by atoms with Crippen LogP contribution < -0.4 is 0 Å². The van der Waals surface area contributed by atoms with Crippen LogP contribution >= 0.6 is 23.5 Å². The van der Waals surface area contributed by atoms with Crippen molar-refractivity contribution in [1.82, 2.24) is 4.90 Å². The lowest BCUT2D eigenvalue weighted by Gasteiger charge is -2.43. The number of carbonyl (C=O) groups is 5. The number of hydrogen-bond acceptors (Lipinski definition) is 16. The fourth-order valence-corrected chi connectivity index (χ4v) is 12.4. The number of thioether (sulfide) groups is 2. The number of ketones is 3. The Morgan fingerprint density at radius 3 is 2.27 bits per heavy atom. The molecule has 4 rings (SSSR count). The number of fused-ring (bicyclic) bond motifs is 3. The molecule has 2 saturated heterocycles. The van der Waals surface area contributed by atoms with Crippen molar-refractivity contribution < 1.29 is 68.1 Å². The monoisotopic (exact) mass is 1060 g/mol. The number of aliphatic hydroxyl groups is 4. The second-order valence-electron chi connectivity index (χ2n) is 21.2. The molecule has 1 aliphatic carbocycles. The molecule has 0 aromatic heterocycles. The Kier molecular flexibility index (Phi) is 27.1. The third kappa shape index (κ3) is 18.8. The highest BCUT2D eigenvalue weighted by Crippen LogP contribution is 2.38. The van der Waals surface area contributed by atoms with Gasteiger partial charge < -0.3 is 49.0 Å². The number of ether oxygens (including phenoxy) is 5. The molecule has 0 spiro atoms. The third-order valence-electron chi connectivity index (χ3n) is 15.3. The van der Waals surface area contributed by atoms with E-state index in [1.807, 2.05) is 58.1 Å². The molecule has 73 heavy (non-hydrogen) atoms. The van der Waals surface area contributed by atoms with Gasteiger partial charge >= 0.3 is 5.97 Å². The largest absolute Gasteiger partial charge is 0.460 e. The topological polar surface area (TPSA) is 216 Å². The predicted octanol–water partition coefficient (Wildman–Crippen LogP) is 7.01. The van der Waals surface area contributed by atoms with Crippen molar-refractivity contribution in [3.05, 3.63) is 47.6 Å². The molecule has 4 N–H and O–H groups in total. The van der Waals surface area contributed by atoms with Crippen LogP contribution in [0.3, 0.4) is 0 Å². The number of rotatable bonds is 14. The lowest BCUT2D eigenvalue weighted by Crippen LogP contribution is -2.61. The summed E-state index contributed by atoms with van der Waals surface area (Å²) in [5.74, 6) is -4.87. The number of methoxy groups -OCH3 is 2. The highest BCUT2D eigenvalue weighted by Gasteiger charge is 2.53. The SMILES string of the molecule is CO[C@@H]1C[C@H](C[C@@H](C)[C@@H]2CC(=O)[C@H](C)/C=C(\C)[C@@H](O)[C@@H](OC)C(=O)[C@H](C)C[C@H](C)/C=C/C=C/C=C(\C)[C@H](OCCSCCSCCO)C[C@@H]3CC[C@@H](C)[C@@](O)(O3)C(=O)C(=O)N3CCCC[C@H]3C(=O)O2)CC[C@H]1O. The predicted molar refractivity (Wildman–Crippen MR) is 286 cm³/mol.